The number of hydrogen-bond donors (Lipinski definition) is 2. The number of nitrogens with one attached hydrogen (secondary N) is 2. The second kappa shape index (κ2) is 5.93. The maximum Gasteiger partial charge on any atom is 0.416 e. The van der Waals surface area contributed by atoms with Gasteiger partial charge in [0.25, 0.3) is 0 Å². The van der Waals surface area contributed by atoms with Crippen molar-refractivity contribution in [2.45, 2.75) is 24.7 Å². The van der Waals surface area contributed by atoms with Gasteiger partial charge in [0, 0.05) is 5.02 Å². The van der Waals surface area contributed by atoms with E-state index < -0.39 is 17.3 Å². The Morgan fingerprint density at radius 1 is 1.04 bits per heavy atom. The Bertz CT molecular complexity index is 759. The van der Waals surface area contributed by atoms with Crippen molar-refractivity contribution in [3.63, 3.8) is 0 Å². The first kappa shape index (κ1) is 17.0. The number of benzene rings is 2. The van der Waals surface area contributed by atoms with Gasteiger partial charge in [0.05, 0.1) is 17.1 Å². The van der Waals surface area contributed by atoms with Crippen LogP contribution < -0.4 is 10.6 Å². The normalized spacial score (nSPS) is 23.7. The molecule has 0 unspecified atom stereocenters. The zero-order valence-corrected chi connectivity index (χ0v) is 14.2. The lowest BCUT2D eigenvalue weighted by molar-refractivity contribution is -0.137. The van der Waals surface area contributed by atoms with Gasteiger partial charge in [-0.25, -0.2) is 0 Å². The summed E-state index contributed by atoms with van der Waals surface area (Å²) in [6, 6.07) is 12.1. The number of hydrogen-bond acceptors (Lipinski definition) is 1. The van der Waals surface area contributed by atoms with Crippen LogP contribution in [0, 0.1) is 0 Å². The van der Waals surface area contributed by atoms with E-state index in [1.54, 1.807) is 12.1 Å². The molecule has 2 nitrogen and oxygen atoms in total. The zero-order chi connectivity index (χ0) is 17.5. The van der Waals surface area contributed by atoms with Crippen molar-refractivity contribution in [1.29, 1.82) is 0 Å². The first-order valence-electron chi connectivity index (χ1n) is 7.22. The van der Waals surface area contributed by atoms with Crippen LogP contribution in [0.2, 0.25) is 5.02 Å². The molecule has 0 bridgehead atoms. The highest BCUT2D eigenvalue weighted by molar-refractivity contribution is 7.80. The smallest absolute Gasteiger partial charge is 0.353 e. The van der Waals surface area contributed by atoms with E-state index in [9.17, 15) is 13.2 Å². The molecule has 2 aromatic rings. The highest BCUT2D eigenvalue weighted by Gasteiger charge is 2.43. The van der Waals surface area contributed by atoms with Crippen LogP contribution >= 0.6 is 23.8 Å². The summed E-state index contributed by atoms with van der Waals surface area (Å²) in [4.78, 5) is 0. The van der Waals surface area contributed by atoms with Crippen LogP contribution in [0.1, 0.15) is 29.7 Å². The Balaban J connectivity index is 1.99. The molecule has 0 amide bonds. The summed E-state index contributed by atoms with van der Waals surface area (Å²) in [6.07, 6.45) is -4.35. The number of rotatable bonds is 2. The number of alkyl halides is 3. The van der Waals surface area contributed by atoms with E-state index in [0.717, 1.165) is 17.7 Å². The van der Waals surface area contributed by atoms with Crippen molar-refractivity contribution >= 4 is 28.9 Å². The van der Waals surface area contributed by atoms with Gasteiger partial charge in [0.15, 0.2) is 5.11 Å². The van der Waals surface area contributed by atoms with Crippen LogP contribution in [0.5, 0.6) is 0 Å². The van der Waals surface area contributed by atoms with Crippen molar-refractivity contribution in [2.24, 2.45) is 0 Å². The Hall–Kier alpha value is -1.79. The van der Waals surface area contributed by atoms with E-state index >= 15 is 0 Å². The van der Waals surface area contributed by atoms with E-state index in [1.165, 1.54) is 12.1 Å². The third-order valence-electron chi connectivity index (χ3n) is 4.24. The molecule has 0 aliphatic carbocycles. The van der Waals surface area contributed by atoms with Crippen molar-refractivity contribution < 1.29 is 13.2 Å². The molecule has 0 saturated carbocycles. The van der Waals surface area contributed by atoms with Gasteiger partial charge in [-0.05, 0) is 54.5 Å². The van der Waals surface area contributed by atoms with Crippen LogP contribution in [0.25, 0.3) is 0 Å². The van der Waals surface area contributed by atoms with E-state index in [0.29, 0.717) is 15.7 Å². The molecule has 1 fully saturated rings. The third kappa shape index (κ3) is 3.08. The maximum atomic E-state index is 12.8. The highest BCUT2D eigenvalue weighted by atomic mass is 35.5. The lowest BCUT2D eigenvalue weighted by Crippen LogP contribution is -2.39. The van der Waals surface area contributed by atoms with Crippen molar-refractivity contribution in [1.82, 2.24) is 10.6 Å². The van der Waals surface area contributed by atoms with Crippen LogP contribution in [0.3, 0.4) is 0 Å². The fourth-order valence-electron chi connectivity index (χ4n) is 2.94. The van der Waals surface area contributed by atoms with Gasteiger partial charge in [-0.1, -0.05) is 35.9 Å². The molecule has 1 aliphatic heterocycles. The average molecular weight is 371 g/mol. The Morgan fingerprint density at radius 2 is 1.62 bits per heavy atom. The quantitative estimate of drug-likeness (QED) is 0.743. The second-order valence-corrected chi connectivity index (χ2v) is 6.71. The predicted octanol–water partition coefficient (Wildman–Crippen LogP) is 4.79. The van der Waals surface area contributed by atoms with Crippen molar-refractivity contribution in [3.8, 4) is 0 Å². The molecule has 2 aromatic carbocycles. The summed E-state index contributed by atoms with van der Waals surface area (Å²) < 4.78 is 38.3. The zero-order valence-electron chi connectivity index (χ0n) is 12.6. The fourth-order valence-corrected chi connectivity index (χ4v) is 3.39. The van der Waals surface area contributed by atoms with Crippen molar-refractivity contribution in [2.75, 3.05) is 0 Å². The van der Waals surface area contributed by atoms with Crippen LogP contribution in [0.15, 0.2) is 48.5 Å². The van der Waals surface area contributed by atoms with E-state index in [1.807, 2.05) is 19.1 Å². The van der Waals surface area contributed by atoms with Gasteiger partial charge in [-0.15, -0.1) is 0 Å². The SMILES string of the molecule is C[C@@]1(c2ccc(Cl)cc2)NC(=S)N[C@@H]1c1ccc(C(F)(F)F)cc1. The van der Waals surface area contributed by atoms with Crippen molar-refractivity contribution in [3.05, 3.63) is 70.2 Å². The van der Waals surface area contributed by atoms with E-state index in [4.69, 9.17) is 23.8 Å². The Kier molecular flexibility index (Phi) is 4.21. The summed E-state index contributed by atoms with van der Waals surface area (Å²) in [6.45, 7) is 1.95. The maximum absolute atomic E-state index is 12.8. The highest BCUT2D eigenvalue weighted by Crippen LogP contribution is 2.39. The molecule has 0 radical (unpaired) electrons. The molecule has 0 spiro atoms. The monoisotopic (exact) mass is 370 g/mol. The van der Waals surface area contributed by atoms with Crippen LogP contribution in [-0.2, 0) is 11.7 Å². The summed E-state index contributed by atoms with van der Waals surface area (Å²) in [5.41, 5.74) is 0.381. The molecule has 2 N–H and O–H groups in total. The predicted molar refractivity (Wildman–Crippen MR) is 91.9 cm³/mol. The molecular formula is C17H14ClF3N2S. The minimum absolute atomic E-state index is 0.298. The molecule has 2 atom stereocenters. The summed E-state index contributed by atoms with van der Waals surface area (Å²) in [7, 11) is 0. The molecule has 1 saturated heterocycles. The lowest BCUT2D eigenvalue weighted by Gasteiger charge is -2.31. The number of halogens is 4. The van der Waals surface area contributed by atoms with Gasteiger partial charge >= 0.3 is 6.18 Å². The van der Waals surface area contributed by atoms with Crippen LogP contribution in [-0.4, -0.2) is 5.11 Å². The molecule has 3 rings (SSSR count). The first-order valence-corrected chi connectivity index (χ1v) is 8.01. The molecule has 24 heavy (non-hydrogen) atoms. The standard InChI is InChI=1S/C17H14ClF3N2S/c1-16(11-6-8-13(18)9-7-11)14(22-15(24)23-16)10-2-4-12(5-3-10)17(19,20)21/h2-9,14H,1H3,(H2,22,23,24)/t14-,16+/m1/s1. The van der Waals surface area contributed by atoms with E-state index in [2.05, 4.69) is 10.6 Å². The third-order valence-corrected chi connectivity index (χ3v) is 4.71. The van der Waals surface area contributed by atoms with Gasteiger partial charge < -0.3 is 10.6 Å². The van der Waals surface area contributed by atoms with Gasteiger partial charge in [0.1, 0.15) is 0 Å². The largest absolute Gasteiger partial charge is 0.416 e. The van der Waals surface area contributed by atoms with Gasteiger partial charge in [-0.2, -0.15) is 13.2 Å². The molecule has 0 aromatic heterocycles. The summed E-state index contributed by atoms with van der Waals surface area (Å²) >= 11 is 11.2. The van der Waals surface area contributed by atoms with Gasteiger partial charge in [-0.3, -0.25) is 0 Å². The molecule has 1 heterocycles. The molecule has 126 valence electrons. The summed E-state index contributed by atoms with van der Waals surface area (Å²) in [5.74, 6) is 0. The Labute approximate surface area is 148 Å². The minimum atomic E-state index is -4.35. The number of thiocarbonyl (C=S) groups is 1. The molecule has 7 heteroatoms. The van der Waals surface area contributed by atoms with Crippen LogP contribution in [0.4, 0.5) is 13.2 Å². The minimum Gasteiger partial charge on any atom is -0.353 e. The van der Waals surface area contributed by atoms with E-state index in [-0.39, 0.29) is 6.04 Å². The lowest BCUT2D eigenvalue weighted by atomic mass is 9.82. The fraction of sp³-hybridized carbons (Fsp3) is 0.235. The summed E-state index contributed by atoms with van der Waals surface area (Å²) in [5, 5.41) is 7.42. The first-order chi connectivity index (χ1) is 11.2. The topological polar surface area (TPSA) is 24.1 Å². The average Bonchev–Trinajstić information content (AvgIpc) is 2.83. The molecular weight excluding hydrogens is 357 g/mol. The molecule has 1 aliphatic rings. The Morgan fingerprint density at radius 3 is 2.17 bits per heavy atom. The van der Waals surface area contributed by atoms with Gasteiger partial charge in [0.2, 0.25) is 0 Å². The second-order valence-electron chi connectivity index (χ2n) is 5.86.